The number of ether oxygens (including phenoxy) is 1. The maximum Gasteiger partial charge on any atom is 0.433 e. The lowest BCUT2D eigenvalue weighted by Gasteiger charge is -2.19. The monoisotopic (exact) mass is 422 g/mol. The predicted molar refractivity (Wildman–Crippen MR) is 105 cm³/mol. The van der Waals surface area contributed by atoms with Gasteiger partial charge in [0.25, 0.3) is 0 Å². The van der Waals surface area contributed by atoms with E-state index in [1.807, 2.05) is 6.92 Å². The molecule has 0 aliphatic rings. The van der Waals surface area contributed by atoms with Gasteiger partial charge in [-0.1, -0.05) is 26.5 Å². The zero-order chi connectivity index (χ0) is 22.3. The van der Waals surface area contributed by atoms with Crippen LogP contribution in [-0.2, 0) is 11.0 Å². The fourth-order valence-corrected chi connectivity index (χ4v) is 2.95. The standard InChI is InChI=1S/C22H22F4N2O2/c1-4-6-16(9-8-14(2)21(29)15(3)23)20-18(7-5-12-27-20)30-17-10-11-19(28-13-17)22(24,25)26/h5,7,10-13,16H,2-4,6,8-9H2,1H3. The summed E-state index contributed by atoms with van der Waals surface area (Å²) in [6.07, 6.45) is 0.319. The first-order valence-corrected chi connectivity index (χ1v) is 9.36. The molecule has 0 aliphatic carbocycles. The number of hydrogen-bond acceptors (Lipinski definition) is 4. The second-order valence-corrected chi connectivity index (χ2v) is 6.73. The number of aromatic nitrogens is 2. The third-order valence-electron chi connectivity index (χ3n) is 4.44. The van der Waals surface area contributed by atoms with Gasteiger partial charge in [0.1, 0.15) is 17.2 Å². The van der Waals surface area contributed by atoms with Gasteiger partial charge in [-0.05, 0) is 49.1 Å². The largest absolute Gasteiger partial charge is 0.454 e. The minimum absolute atomic E-state index is 0.119. The Morgan fingerprint density at radius 2 is 1.90 bits per heavy atom. The van der Waals surface area contributed by atoms with Crippen molar-refractivity contribution in [1.82, 2.24) is 9.97 Å². The Hall–Kier alpha value is -3.03. The third kappa shape index (κ3) is 6.23. The number of nitrogens with zero attached hydrogens (tertiary/aromatic N) is 2. The first-order chi connectivity index (χ1) is 14.1. The van der Waals surface area contributed by atoms with Gasteiger partial charge in [-0.25, -0.2) is 9.37 Å². The lowest BCUT2D eigenvalue weighted by Crippen LogP contribution is -2.08. The summed E-state index contributed by atoms with van der Waals surface area (Å²) in [5.41, 5.74) is -0.296. The van der Waals surface area contributed by atoms with Crippen LogP contribution in [0.3, 0.4) is 0 Å². The second-order valence-electron chi connectivity index (χ2n) is 6.73. The van der Waals surface area contributed by atoms with E-state index >= 15 is 0 Å². The topological polar surface area (TPSA) is 52.1 Å². The molecule has 0 bridgehead atoms. The van der Waals surface area contributed by atoms with Crippen LogP contribution in [0.25, 0.3) is 0 Å². The summed E-state index contributed by atoms with van der Waals surface area (Å²) in [5.74, 6) is -1.46. The van der Waals surface area contributed by atoms with Crippen LogP contribution in [0, 0.1) is 0 Å². The van der Waals surface area contributed by atoms with Gasteiger partial charge in [0.2, 0.25) is 5.78 Å². The van der Waals surface area contributed by atoms with Crippen LogP contribution in [0.5, 0.6) is 11.5 Å². The number of pyridine rings is 2. The highest BCUT2D eigenvalue weighted by molar-refractivity contribution is 6.05. The summed E-state index contributed by atoms with van der Waals surface area (Å²) in [4.78, 5) is 19.4. The Bertz CT molecular complexity index is 908. The molecule has 0 N–H and O–H groups in total. The van der Waals surface area contributed by atoms with Crippen molar-refractivity contribution in [2.75, 3.05) is 0 Å². The Balaban J connectivity index is 2.20. The molecule has 1 atom stereocenters. The fourth-order valence-electron chi connectivity index (χ4n) is 2.95. The molecule has 8 heteroatoms. The van der Waals surface area contributed by atoms with E-state index in [2.05, 4.69) is 23.1 Å². The van der Waals surface area contributed by atoms with E-state index in [9.17, 15) is 22.4 Å². The van der Waals surface area contributed by atoms with Crippen molar-refractivity contribution in [3.63, 3.8) is 0 Å². The van der Waals surface area contributed by atoms with E-state index in [0.29, 0.717) is 17.9 Å². The van der Waals surface area contributed by atoms with E-state index in [1.165, 1.54) is 6.07 Å². The SMILES string of the molecule is C=C(F)C(=O)C(=C)CCC(CCC)c1ncccc1Oc1ccc(C(F)(F)F)nc1. The van der Waals surface area contributed by atoms with Gasteiger partial charge < -0.3 is 4.74 Å². The third-order valence-corrected chi connectivity index (χ3v) is 4.44. The number of carbonyl (C=O) groups excluding carboxylic acids is 1. The van der Waals surface area contributed by atoms with Crippen molar-refractivity contribution in [2.24, 2.45) is 0 Å². The van der Waals surface area contributed by atoms with Crippen LogP contribution in [0.15, 0.2) is 61.2 Å². The van der Waals surface area contributed by atoms with Crippen molar-refractivity contribution in [3.8, 4) is 11.5 Å². The highest BCUT2D eigenvalue weighted by Crippen LogP contribution is 2.35. The number of allylic oxidation sites excluding steroid dienone is 2. The molecule has 0 saturated carbocycles. The number of rotatable bonds is 10. The number of Topliss-reactive ketones (excluding diaryl/α,β-unsaturated/α-hetero) is 1. The lowest BCUT2D eigenvalue weighted by atomic mass is 9.91. The molecule has 4 nitrogen and oxygen atoms in total. The van der Waals surface area contributed by atoms with Crippen LogP contribution in [0.2, 0.25) is 0 Å². The molecule has 2 rings (SSSR count). The number of hydrogen-bond donors (Lipinski definition) is 0. The highest BCUT2D eigenvalue weighted by atomic mass is 19.4. The van der Waals surface area contributed by atoms with Crippen LogP contribution >= 0.6 is 0 Å². The molecule has 0 amide bonds. The first kappa shape index (κ1) is 23.3. The Morgan fingerprint density at radius 3 is 2.47 bits per heavy atom. The maximum atomic E-state index is 13.0. The van der Waals surface area contributed by atoms with Gasteiger partial charge >= 0.3 is 6.18 Å². The summed E-state index contributed by atoms with van der Waals surface area (Å²) in [7, 11) is 0. The normalized spacial score (nSPS) is 12.3. The van der Waals surface area contributed by atoms with Crippen molar-refractivity contribution in [1.29, 1.82) is 0 Å². The van der Waals surface area contributed by atoms with E-state index in [0.717, 1.165) is 25.1 Å². The Morgan fingerprint density at radius 1 is 1.17 bits per heavy atom. The molecule has 0 fully saturated rings. The average Bonchev–Trinajstić information content (AvgIpc) is 2.70. The molecule has 0 aliphatic heterocycles. The van der Waals surface area contributed by atoms with Crippen molar-refractivity contribution in [3.05, 3.63) is 72.6 Å². The molecular formula is C22H22F4N2O2. The van der Waals surface area contributed by atoms with Gasteiger partial charge in [0.05, 0.1) is 11.9 Å². The molecular weight excluding hydrogens is 400 g/mol. The Labute approximate surface area is 172 Å². The summed E-state index contributed by atoms with van der Waals surface area (Å²) in [5, 5.41) is 0. The Kier molecular flexibility index (Phi) is 7.86. The average molecular weight is 422 g/mol. The number of halogens is 4. The van der Waals surface area contributed by atoms with Gasteiger partial charge in [-0.3, -0.25) is 9.78 Å². The van der Waals surface area contributed by atoms with Gasteiger partial charge in [-0.15, -0.1) is 0 Å². The van der Waals surface area contributed by atoms with E-state index < -0.39 is 23.5 Å². The molecule has 2 aromatic rings. The smallest absolute Gasteiger partial charge is 0.433 e. The maximum absolute atomic E-state index is 13.0. The van der Waals surface area contributed by atoms with Crippen LogP contribution in [0.1, 0.15) is 49.9 Å². The highest BCUT2D eigenvalue weighted by Gasteiger charge is 2.32. The molecule has 0 aromatic carbocycles. The summed E-state index contributed by atoms with van der Waals surface area (Å²) in [6.45, 7) is 8.60. The summed E-state index contributed by atoms with van der Waals surface area (Å²) >= 11 is 0. The van der Waals surface area contributed by atoms with Gasteiger partial charge in [-0.2, -0.15) is 13.2 Å². The minimum Gasteiger partial charge on any atom is -0.454 e. The number of alkyl halides is 3. The van der Waals surface area contributed by atoms with Crippen LogP contribution in [-0.4, -0.2) is 15.8 Å². The molecule has 2 heterocycles. The van der Waals surface area contributed by atoms with Crippen molar-refractivity contribution >= 4 is 5.78 Å². The van der Waals surface area contributed by atoms with Gasteiger partial charge in [0, 0.05) is 12.1 Å². The second kappa shape index (κ2) is 10.1. The molecule has 160 valence electrons. The number of ketones is 1. The summed E-state index contributed by atoms with van der Waals surface area (Å²) in [6, 6.07) is 5.34. The minimum atomic E-state index is -4.53. The van der Waals surface area contributed by atoms with Gasteiger partial charge in [0.15, 0.2) is 5.83 Å². The van der Waals surface area contributed by atoms with Crippen molar-refractivity contribution < 1.29 is 27.1 Å². The first-order valence-electron chi connectivity index (χ1n) is 9.36. The zero-order valence-corrected chi connectivity index (χ0v) is 16.5. The summed E-state index contributed by atoms with van der Waals surface area (Å²) < 4.78 is 56.8. The molecule has 0 spiro atoms. The van der Waals surface area contributed by atoms with Crippen LogP contribution in [0.4, 0.5) is 17.6 Å². The van der Waals surface area contributed by atoms with E-state index in [4.69, 9.17) is 4.74 Å². The molecule has 0 saturated heterocycles. The fraction of sp³-hybridized carbons (Fsp3) is 0.318. The van der Waals surface area contributed by atoms with E-state index in [1.54, 1.807) is 18.3 Å². The molecule has 0 radical (unpaired) electrons. The predicted octanol–water partition coefficient (Wildman–Crippen LogP) is 6.56. The quantitative estimate of drug-likeness (QED) is 0.321. The molecule has 2 aromatic heterocycles. The molecule has 1 unspecified atom stereocenters. The molecule has 30 heavy (non-hydrogen) atoms. The van der Waals surface area contributed by atoms with E-state index in [-0.39, 0.29) is 23.7 Å². The van der Waals surface area contributed by atoms with Crippen molar-refractivity contribution in [2.45, 2.75) is 44.7 Å². The number of carbonyl (C=O) groups is 1. The lowest BCUT2D eigenvalue weighted by molar-refractivity contribution is -0.141. The van der Waals surface area contributed by atoms with Crippen LogP contribution < -0.4 is 4.74 Å². The zero-order valence-electron chi connectivity index (χ0n) is 16.5.